The molecule has 1 atom stereocenters. The first-order valence-electron chi connectivity index (χ1n) is 4.76. The molecule has 0 N–H and O–H groups in total. The molecule has 0 radical (unpaired) electrons. The van der Waals surface area contributed by atoms with Gasteiger partial charge < -0.3 is 4.74 Å². The van der Waals surface area contributed by atoms with E-state index in [9.17, 15) is 0 Å². The predicted molar refractivity (Wildman–Crippen MR) is 47.7 cm³/mol. The van der Waals surface area contributed by atoms with Gasteiger partial charge in [-0.1, -0.05) is 13.8 Å². The minimum absolute atomic E-state index is 0.226. The van der Waals surface area contributed by atoms with Crippen LogP contribution in [0.15, 0.2) is 0 Å². The maximum absolute atomic E-state index is 5.69. The quantitative estimate of drug-likeness (QED) is 0.610. The van der Waals surface area contributed by atoms with Gasteiger partial charge in [-0.25, -0.2) is 0 Å². The van der Waals surface area contributed by atoms with Gasteiger partial charge in [-0.15, -0.1) is 0 Å². The van der Waals surface area contributed by atoms with E-state index in [0.29, 0.717) is 0 Å². The Morgan fingerprint density at radius 1 is 1.45 bits per heavy atom. The molecule has 66 valence electrons. The highest BCUT2D eigenvalue weighted by atomic mass is 16.5. The molecular formula is C10H20O. The van der Waals surface area contributed by atoms with Gasteiger partial charge in [-0.2, -0.15) is 0 Å². The van der Waals surface area contributed by atoms with Crippen LogP contribution in [-0.4, -0.2) is 12.2 Å². The molecule has 1 unspecified atom stereocenters. The fourth-order valence-corrected chi connectivity index (χ4v) is 1.63. The highest BCUT2D eigenvalue weighted by Gasteiger charge is 2.28. The van der Waals surface area contributed by atoms with Crippen molar-refractivity contribution >= 4 is 0 Å². The molecular weight excluding hydrogens is 136 g/mol. The predicted octanol–water partition coefficient (Wildman–Crippen LogP) is 2.99. The van der Waals surface area contributed by atoms with Gasteiger partial charge in [0.05, 0.1) is 5.60 Å². The molecule has 0 aromatic rings. The molecule has 0 aliphatic carbocycles. The molecule has 1 saturated heterocycles. The van der Waals surface area contributed by atoms with Gasteiger partial charge in [0.1, 0.15) is 0 Å². The summed E-state index contributed by atoms with van der Waals surface area (Å²) in [5.74, 6) is 0.816. The van der Waals surface area contributed by atoms with Crippen LogP contribution < -0.4 is 0 Å². The van der Waals surface area contributed by atoms with Gasteiger partial charge in [0.15, 0.2) is 0 Å². The van der Waals surface area contributed by atoms with Gasteiger partial charge in [-0.3, -0.25) is 0 Å². The van der Waals surface area contributed by atoms with E-state index in [2.05, 4.69) is 20.8 Å². The molecule has 0 aromatic heterocycles. The molecule has 1 aliphatic rings. The molecule has 1 heterocycles. The maximum Gasteiger partial charge on any atom is 0.0655 e. The SMILES string of the molecule is CC(C)CCC1(C)CCCO1. The lowest BCUT2D eigenvalue weighted by Gasteiger charge is -2.23. The summed E-state index contributed by atoms with van der Waals surface area (Å²) in [6, 6.07) is 0. The van der Waals surface area contributed by atoms with E-state index in [0.717, 1.165) is 12.5 Å². The van der Waals surface area contributed by atoms with E-state index in [-0.39, 0.29) is 5.60 Å². The van der Waals surface area contributed by atoms with Crippen LogP contribution >= 0.6 is 0 Å². The van der Waals surface area contributed by atoms with Crippen molar-refractivity contribution in [3.05, 3.63) is 0 Å². The second-order valence-electron chi connectivity index (χ2n) is 4.33. The van der Waals surface area contributed by atoms with Crippen molar-refractivity contribution in [2.75, 3.05) is 6.61 Å². The van der Waals surface area contributed by atoms with Gasteiger partial charge in [0.2, 0.25) is 0 Å². The monoisotopic (exact) mass is 156 g/mol. The third kappa shape index (κ3) is 2.82. The average molecular weight is 156 g/mol. The van der Waals surface area contributed by atoms with Crippen molar-refractivity contribution in [2.24, 2.45) is 5.92 Å². The summed E-state index contributed by atoms with van der Waals surface area (Å²) in [5.41, 5.74) is 0.226. The molecule has 0 amide bonds. The minimum Gasteiger partial charge on any atom is -0.375 e. The first-order chi connectivity index (χ1) is 5.12. The van der Waals surface area contributed by atoms with Crippen molar-refractivity contribution in [3.8, 4) is 0 Å². The van der Waals surface area contributed by atoms with E-state index in [1.54, 1.807) is 0 Å². The average Bonchev–Trinajstić information content (AvgIpc) is 2.33. The van der Waals surface area contributed by atoms with Crippen molar-refractivity contribution in [1.29, 1.82) is 0 Å². The third-order valence-electron chi connectivity index (χ3n) is 2.55. The van der Waals surface area contributed by atoms with Crippen molar-refractivity contribution in [1.82, 2.24) is 0 Å². The second-order valence-corrected chi connectivity index (χ2v) is 4.33. The fourth-order valence-electron chi connectivity index (χ4n) is 1.63. The maximum atomic E-state index is 5.69. The molecule has 1 fully saturated rings. The Hall–Kier alpha value is -0.0400. The Morgan fingerprint density at radius 2 is 2.18 bits per heavy atom. The lowest BCUT2D eigenvalue weighted by atomic mass is 9.93. The van der Waals surface area contributed by atoms with Crippen molar-refractivity contribution in [2.45, 2.75) is 52.1 Å². The first kappa shape index (κ1) is 9.05. The van der Waals surface area contributed by atoms with Crippen molar-refractivity contribution < 1.29 is 4.74 Å². The van der Waals surface area contributed by atoms with E-state index in [4.69, 9.17) is 4.74 Å². The summed E-state index contributed by atoms with van der Waals surface area (Å²) in [6.07, 6.45) is 5.06. The van der Waals surface area contributed by atoms with E-state index >= 15 is 0 Å². The highest BCUT2D eigenvalue weighted by Crippen LogP contribution is 2.30. The summed E-state index contributed by atoms with van der Waals surface area (Å²) in [7, 11) is 0. The van der Waals surface area contributed by atoms with Gasteiger partial charge in [0, 0.05) is 6.61 Å². The van der Waals surface area contributed by atoms with Crippen LogP contribution in [0.2, 0.25) is 0 Å². The van der Waals surface area contributed by atoms with Crippen molar-refractivity contribution in [3.63, 3.8) is 0 Å². The number of rotatable bonds is 3. The van der Waals surface area contributed by atoms with Crippen LogP contribution in [0.25, 0.3) is 0 Å². The smallest absolute Gasteiger partial charge is 0.0655 e. The fraction of sp³-hybridized carbons (Fsp3) is 1.00. The van der Waals surface area contributed by atoms with Crippen LogP contribution in [0.5, 0.6) is 0 Å². The lowest BCUT2D eigenvalue weighted by molar-refractivity contribution is 0.00932. The van der Waals surface area contributed by atoms with Gasteiger partial charge in [-0.05, 0) is 38.5 Å². The van der Waals surface area contributed by atoms with Crippen LogP contribution in [0.3, 0.4) is 0 Å². The minimum atomic E-state index is 0.226. The Bertz CT molecular complexity index is 112. The van der Waals surface area contributed by atoms with Gasteiger partial charge in [0.25, 0.3) is 0 Å². The zero-order valence-corrected chi connectivity index (χ0v) is 8.02. The van der Waals surface area contributed by atoms with E-state index in [1.165, 1.54) is 25.7 Å². The molecule has 1 aliphatic heterocycles. The molecule has 0 bridgehead atoms. The van der Waals surface area contributed by atoms with Gasteiger partial charge >= 0.3 is 0 Å². The normalized spacial score (nSPS) is 31.6. The van der Waals surface area contributed by atoms with E-state index < -0.39 is 0 Å². The highest BCUT2D eigenvalue weighted by molar-refractivity contribution is 4.79. The number of ether oxygens (including phenoxy) is 1. The number of hydrogen-bond donors (Lipinski definition) is 0. The van der Waals surface area contributed by atoms with E-state index in [1.807, 2.05) is 0 Å². The Labute approximate surface area is 70.1 Å². The van der Waals surface area contributed by atoms with Crippen LogP contribution in [-0.2, 0) is 4.74 Å². The Morgan fingerprint density at radius 3 is 2.64 bits per heavy atom. The largest absolute Gasteiger partial charge is 0.375 e. The molecule has 1 nitrogen and oxygen atoms in total. The molecule has 11 heavy (non-hydrogen) atoms. The standard InChI is InChI=1S/C10H20O/c1-9(2)5-7-10(3)6-4-8-11-10/h9H,4-8H2,1-3H3. The Balaban J connectivity index is 2.23. The third-order valence-corrected chi connectivity index (χ3v) is 2.55. The molecule has 0 aromatic carbocycles. The summed E-state index contributed by atoms with van der Waals surface area (Å²) in [6.45, 7) is 7.79. The lowest BCUT2D eigenvalue weighted by Crippen LogP contribution is -2.23. The Kier molecular flexibility index (Phi) is 2.94. The molecule has 0 saturated carbocycles. The summed E-state index contributed by atoms with van der Waals surface area (Å²) in [4.78, 5) is 0. The van der Waals surface area contributed by atoms with Crippen LogP contribution in [0.1, 0.15) is 46.5 Å². The summed E-state index contributed by atoms with van der Waals surface area (Å²) < 4.78 is 5.69. The first-order valence-corrected chi connectivity index (χ1v) is 4.76. The summed E-state index contributed by atoms with van der Waals surface area (Å²) in [5, 5.41) is 0. The summed E-state index contributed by atoms with van der Waals surface area (Å²) >= 11 is 0. The van der Waals surface area contributed by atoms with Crippen LogP contribution in [0, 0.1) is 5.92 Å². The topological polar surface area (TPSA) is 9.23 Å². The van der Waals surface area contributed by atoms with Crippen LogP contribution in [0.4, 0.5) is 0 Å². The zero-order chi connectivity index (χ0) is 8.32. The zero-order valence-electron chi connectivity index (χ0n) is 8.02. The number of hydrogen-bond acceptors (Lipinski definition) is 1. The molecule has 1 heteroatoms. The second kappa shape index (κ2) is 3.57. The molecule has 0 spiro atoms. The molecule has 1 rings (SSSR count).